The van der Waals surface area contributed by atoms with Crippen molar-refractivity contribution in [1.29, 1.82) is 0 Å². The number of carbonyl (C=O) groups is 2. The van der Waals surface area contributed by atoms with E-state index in [9.17, 15) is 9.59 Å². The molecule has 0 spiro atoms. The topological polar surface area (TPSA) is 76.7 Å². The molecule has 0 unspecified atom stereocenters. The van der Waals surface area contributed by atoms with E-state index in [4.69, 9.17) is 32.7 Å². The van der Waals surface area contributed by atoms with E-state index in [1.807, 2.05) is 13.8 Å². The fourth-order valence-corrected chi connectivity index (χ4v) is 2.71. The summed E-state index contributed by atoms with van der Waals surface area (Å²) in [7, 11) is 0. The second-order valence-corrected chi connectivity index (χ2v) is 6.61. The second kappa shape index (κ2) is 8.56. The minimum atomic E-state index is -0.679. The molecule has 0 aromatic heterocycles. The number of carbonyl (C=O) groups excluding carboxylic acids is 2. The van der Waals surface area contributed by atoms with E-state index in [2.05, 4.69) is 10.6 Å². The van der Waals surface area contributed by atoms with Gasteiger partial charge in [-0.1, -0.05) is 29.3 Å². The molecular formula is C17H20Cl2N2O4. The van der Waals surface area contributed by atoms with Crippen molar-refractivity contribution in [2.24, 2.45) is 0 Å². The summed E-state index contributed by atoms with van der Waals surface area (Å²) in [4.78, 5) is 24.3. The third-order valence-electron chi connectivity index (χ3n) is 3.53. The van der Waals surface area contributed by atoms with Crippen LogP contribution in [0.3, 0.4) is 0 Å². The monoisotopic (exact) mass is 386 g/mol. The number of nitrogens with one attached hydrogen (secondary N) is 2. The number of allylic oxidation sites excluding steroid dienone is 1. The zero-order chi connectivity index (χ0) is 18.6. The van der Waals surface area contributed by atoms with Crippen molar-refractivity contribution >= 4 is 35.2 Å². The molecule has 0 bridgehead atoms. The Hall–Kier alpha value is -1.76. The highest BCUT2D eigenvalue weighted by atomic mass is 35.5. The highest BCUT2D eigenvalue weighted by molar-refractivity contribution is 6.42. The number of rotatable bonds is 6. The van der Waals surface area contributed by atoms with Crippen LogP contribution in [0, 0.1) is 0 Å². The Kier molecular flexibility index (Phi) is 6.70. The lowest BCUT2D eigenvalue weighted by atomic mass is 9.95. The van der Waals surface area contributed by atoms with Crippen LogP contribution in [0.25, 0.3) is 0 Å². The number of hydrogen-bond donors (Lipinski definition) is 2. The molecule has 2 rings (SSSR count). The summed E-state index contributed by atoms with van der Waals surface area (Å²) in [5.74, 6) is -0.534. The number of ether oxygens (including phenoxy) is 2. The summed E-state index contributed by atoms with van der Waals surface area (Å²) in [6.07, 6.45) is 0.0549. The average molecular weight is 387 g/mol. The van der Waals surface area contributed by atoms with Crippen molar-refractivity contribution in [1.82, 2.24) is 10.6 Å². The van der Waals surface area contributed by atoms with Crippen LogP contribution >= 0.6 is 23.2 Å². The van der Waals surface area contributed by atoms with E-state index < -0.39 is 18.0 Å². The summed E-state index contributed by atoms with van der Waals surface area (Å²) >= 11 is 12.0. The van der Waals surface area contributed by atoms with Crippen LogP contribution in [0.15, 0.2) is 29.5 Å². The SMILES string of the molecule is CC1=C(C(=O)OCCOC(C)C)[C@H](c2ccc(Cl)c(Cl)c2)NC(=O)N1. The lowest BCUT2D eigenvalue weighted by molar-refractivity contribution is -0.141. The number of amides is 2. The van der Waals surface area contributed by atoms with Gasteiger partial charge >= 0.3 is 12.0 Å². The predicted octanol–water partition coefficient (Wildman–Crippen LogP) is 3.59. The summed E-state index contributed by atoms with van der Waals surface area (Å²) in [5, 5.41) is 6.02. The maximum absolute atomic E-state index is 12.5. The maximum Gasteiger partial charge on any atom is 0.338 e. The summed E-state index contributed by atoms with van der Waals surface area (Å²) in [6.45, 7) is 5.86. The molecule has 0 radical (unpaired) electrons. The van der Waals surface area contributed by atoms with E-state index in [-0.39, 0.29) is 12.7 Å². The molecule has 1 heterocycles. The molecule has 136 valence electrons. The van der Waals surface area contributed by atoms with Gasteiger partial charge in [-0.05, 0) is 38.5 Å². The van der Waals surface area contributed by atoms with Gasteiger partial charge in [-0.15, -0.1) is 0 Å². The number of benzene rings is 1. The van der Waals surface area contributed by atoms with Crippen LogP contribution in [-0.2, 0) is 14.3 Å². The molecule has 1 aromatic carbocycles. The van der Waals surface area contributed by atoms with Gasteiger partial charge in [-0.3, -0.25) is 0 Å². The molecule has 0 saturated carbocycles. The minimum Gasteiger partial charge on any atom is -0.460 e. The van der Waals surface area contributed by atoms with Crippen molar-refractivity contribution < 1.29 is 19.1 Å². The van der Waals surface area contributed by atoms with Crippen molar-refractivity contribution in [3.8, 4) is 0 Å². The molecule has 8 heteroatoms. The molecule has 6 nitrogen and oxygen atoms in total. The third kappa shape index (κ3) is 5.11. The zero-order valence-corrected chi connectivity index (χ0v) is 15.7. The second-order valence-electron chi connectivity index (χ2n) is 5.80. The largest absolute Gasteiger partial charge is 0.460 e. The van der Waals surface area contributed by atoms with Gasteiger partial charge in [0.05, 0.1) is 34.4 Å². The average Bonchev–Trinajstić information content (AvgIpc) is 2.53. The van der Waals surface area contributed by atoms with Crippen LogP contribution < -0.4 is 10.6 Å². The first-order valence-electron chi connectivity index (χ1n) is 7.81. The van der Waals surface area contributed by atoms with Crippen LogP contribution in [0.5, 0.6) is 0 Å². The Bertz CT molecular complexity index is 704. The number of hydrogen-bond acceptors (Lipinski definition) is 4. The van der Waals surface area contributed by atoms with E-state index in [1.165, 1.54) is 0 Å². The van der Waals surface area contributed by atoms with E-state index >= 15 is 0 Å². The summed E-state index contributed by atoms with van der Waals surface area (Å²) in [6, 6.07) is 3.84. The zero-order valence-electron chi connectivity index (χ0n) is 14.2. The van der Waals surface area contributed by atoms with Crippen LogP contribution in [0.1, 0.15) is 32.4 Å². The normalized spacial score (nSPS) is 17.4. The van der Waals surface area contributed by atoms with Gasteiger partial charge < -0.3 is 20.1 Å². The fraction of sp³-hybridized carbons (Fsp3) is 0.412. The van der Waals surface area contributed by atoms with Gasteiger partial charge in [0, 0.05) is 5.70 Å². The fourth-order valence-electron chi connectivity index (χ4n) is 2.40. The van der Waals surface area contributed by atoms with E-state index in [0.29, 0.717) is 33.5 Å². The molecular weight excluding hydrogens is 367 g/mol. The minimum absolute atomic E-state index is 0.0549. The molecule has 0 fully saturated rings. The lowest BCUT2D eigenvalue weighted by Gasteiger charge is -2.28. The van der Waals surface area contributed by atoms with Crippen LogP contribution in [-0.4, -0.2) is 31.3 Å². The van der Waals surface area contributed by atoms with E-state index in [1.54, 1.807) is 25.1 Å². The highest BCUT2D eigenvalue weighted by Crippen LogP contribution is 2.31. The van der Waals surface area contributed by atoms with Gasteiger partial charge in [-0.25, -0.2) is 9.59 Å². The molecule has 0 aliphatic carbocycles. The highest BCUT2D eigenvalue weighted by Gasteiger charge is 2.32. The standard InChI is InChI=1S/C17H20Cl2N2O4/c1-9(2)24-6-7-25-16(22)14-10(3)20-17(23)21-15(14)11-4-5-12(18)13(19)8-11/h4-5,8-9,15H,6-7H2,1-3H3,(H2,20,21,23)/t15-/m0/s1. The number of halogens is 2. The van der Waals surface area contributed by atoms with Gasteiger partial charge in [-0.2, -0.15) is 0 Å². The molecule has 25 heavy (non-hydrogen) atoms. The van der Waals surface area contributed by atoms with Crippen LogP contribution in [0.2, 0.25) is 10.0 Å². The predicted molar refractivity (Wildman–Crippen MR) is 95.6 cm³/mol. The summed E-state index contributed by atoms with van der Waals surface area (Å²) in [5.41, 5.74) is 1.37. The molecule has 2 amide bonds. The summed E-state index contributed by atoms with van der Waals surface area (Å²) < 4.78 is 10.6. The van der Waals surface area contributed by atoms with Gasteiger partial charge in [0.2, 0.25) is 0 Å². The van der Waals surface area contributed by atoms with Gasteiger partial charge in [0.1, 0.15) is 6.61 Å². The molecule has 1 aliphatic heterocycles. The Labute approximate surface area is 156 Å². The van der Waals surface area contributed by atoms with Crippen molar-refractivity contribution in [2.75, 3.05) is 13.2 Å². The Morgan fingerprint density at radius 1 is 1.24 bits per heavy atom. The molecule has 1 aliphatic rings. The lowest BCUT2D eigenvalue weighted by Crippen LogP contribution is -2.45. The Morgan fingerprint density at radius 2 is 1.96 bits per heavy atom. The molecule has 1 atom stereocenters. The number of esters is 1. The first-order chi connectivity index (χ1) is 11.8. The Balaban J connectivity index is 2.21. The quantitative estimate of drug-likeness (QED) is 0.578. The van der Waals surface area contributed by atoms with E-state index in [0.717, 1.165) is 0 Å². The number of urea groups is 1. The molecule has 1 aromatic rings. The first kappa shape index (κ1) is 19.6. The van der Waals surface area contributed by atoms with Crippen molar-refractivity contribution in [3.05, 3.63) is 45.1 Å². The molecule has 2 N–H and O–H groups in total. The third-order valence-corrected chi connectivity index (χ3v) is 4.27. The van der Waals surface area contributed by atoms with Crippen molar-refractivity contribution in [2.45, 2.75) is 32.9 Å². The first-order valence-corrected chi connectivity index (χ1v) is 8.57. The Morgan fingerprint density at radius 3 is 2.60 bits per heavy atom. The maximum atomic E-state index is 12.5. The van der Waals surface area contributed by atoms with Gasteiger partial charge in [0.15, 0.2) is 0 Å². The van der Waals surface area contributed by atoms with Crippen LogP contribution in [0.4, 0.5) is 4.79 Å². The van der Waals surface area contributed by atoms with Gasteiger partial charge in [0.25, 0.3) is 0 Å². The molecule has 0 saturated heterocycles. The smallest absolute Gasteiger partial charge is 0.338 e. The van der Waals surface area contributed by atoms with Crippen molar-refractivity contribution in [3.63, 3.8) is 0 Å².